The van der Waals surface area contributed by atoms with Crippen LogP contribution in [0.4, 0.5) is 11.4 Å². The lowest BCUT2D eigenvalue weighted by Crippen LogP contribution is -2.47. The van der Waals surface area contributed by atoms with Gasteiger partial charge in [-0.25, -0.2) is 0 Å². The van der Waals surface area contributed by atoms with Crippen molar-refractivity contribution in [2.45, 2.75) is 20.0 Å². The highest BCUT2D eigenvalue weighted by Gasteiger charge is 2.32. The van der Waals surface area contributed by atoms with Crippen LogP contribution in [0.2, 0.25) is 5.02 Å². The van der Waals surface area contributed by atoms with Crippen LogP contribution >= 0.6 is 11.6 Å². The topological polar surface area (TPSA) is 67.9 Å². The van der Waals surface area contributed by atoms with Crippen LogP contribution in [-0.4, -0.2) is 24.5 Å². The maximum Gasteiger partial charge on any atom is 0.268 e. The minimum Gasteiger partial charge on any atom is -0.479 e. The van der Waals surface area contributed by atoms with Gasteiger partial charge in [-0.3, -0.25) is 14.5 Å². The molecule has 0 bridgehead atoms. The van der Waals surface area contributed by atoms with Crippen molar-refractivity contribution in [1.29, 1.82) is 0 Å². The highest BCUT2D eigenvalue weighted by atomic mass is 35.5. The van der Waals surface area contributed by atoms with Crippen LogP contribution in [0.1, 0.15) is 12.5 Å². The molecule has 0 radical (unpaired) electrons. The molecular weight excluding hydrogens is 416 g/mol. The van der Waals surface area contributed by atoms with Gasteiger partial charge in [0.1, 0.15) is 18.0 Å². The minimum absolute atomic E-state index is 0.167. The molecule has 1 atom stereocenters. The van der Waals surface area contributed by atoms with Crippen LogP contribution in [-0.2, 0) is 9.59 Å². The van der Waals surface area contributed by atoms with Gasteiger partial charge in [0.05, 0.1) is 11.4 Å². The Bertz CT molecular complexity index is 1130. The van der Waals surface area contributed by atoms with E-state index in [0.717, 1.165) is 5.56 Å². The van der Waals surface area contributed by atoms with E-state index < -0.39 is 6.10 Å². The van der Waals surface area contributed by atoms with Gasteiger partial charge in [0, 0.05) is 5.02 Å². The summed E-state index contributed by atoms with van der Waals surface area (Å²) in [6.07, 6.45) is -0.672. The van der Waals surface area contributed by atoms with Gasteiger partial charge in [0.2, 0.25) is 5.91 Å². The lowest BCUT2D eigenvalue weighted by molar-refractivity contribution is -0.127. The third-order valence-electron chi connectivity index (χ3n) is 4.84. The van der Waals surface area contributed by atoms with Gasteiger partial charge in [-0.1, -0.05) is 41.4 Å². The quantitative estimate of drug-likeness (QED) is 0.597. The number of rotatable bonds is 5. The number of hydrogen-bond acceptors (Lipinski definition) is 4. The fraction of sp³-hybridized carbons (Fsp3) is 0.167. The number of ether oxygens (including phenoxy) is 2. The van der Waals surface area contributed by atoms with E-state index in [2.05, 4.69) is 5.32 Å². The number of anilines is 2. The fourth-order valence-electron chi connectivity index (χ4n) is 3.28. The van der Waals surface area contributed by atoms with Crippen LogP contribution in [0.25, 0.3) is 0 Å². The number of carbonyl (C=O) groups excluding carboxylic acids is 2. The first-order valence-electron chi connectivity index (χ1n) is 9.82. The highest BCUT2D eigenvalue weighted by Crippen LogP contribution is 2.35. The van der Waals surface area contributed by atoms with E-state index in [-0.39, 0.29) is 18.4 Å². The summed E-state index contributed by atoms with van der Waals surface area (Å²) in [6, 6.07) is 19.7. The Hall–Kier alpha value is -3.51. The van der Waals surface area contributed by atoms with Crippen molar-refractivity contribution in [1.82, 2.24) is 0 Å². The van der Waals surface area contributed by atoms with Crippen molar-refractivity contribution in [3.05, 3.63) is 77.3 Å². The van der Waals surface area contributed by atoms with Crippen molar-refractivity contribution in [2.75, 3.05) is 16.8 Å². The molecule has 6 nitrogen and oxygen atoms in total. The lowest BCUT2D eigenvalue weighted by Gasteiger charge is -2.32. The van der Waals surface area contributed by atoms with E-state index in [4.69, 9.17) is 21.1 Å². The number of hydrogen-bond donors (Lipinski definition) is 1. The Morgan fingerprint density at radius 3 is 2.65 bits per heavy atom. The van der Waals surface area contributed by atoms with E-state index in [1.54, 1.807) is 43.3 Å². The molecule has 1 aliphatic heterocycles. The maximum absolute atomic E-state index is 12.9. The molecule has 3 aromatic carbocycles. The first-order valence-corrected chi connectivity index (χ1v) is 10.2. The van der Waals surface area contributed by atoms with Crippen molar-refractivity contribution in [2.24, 2.45) is 0 Å². The molecule has 0 spiro atoms. The summed E-state index contributed by atoms with van der Waals surface area (Å²) in [4.78, 5) is 26.9. The van der Waals surface area contributed by atoms with Gasteiger partial charge < -0.3 is 14.8 Å². The maximum atomic E-state index is 12.9. The summed E-state index contributed by atoms with van der Waals surface area (Å²) >= 11 is 6.14. The molecule has 158 valence electrons. The molecule has 7 heteroatoms. The third kappa shape index (κ3) is 4.64. The normalized spacial score (nSPS) is 15.1. The zero-order valence-corrected chi connectivity index (χ0v) is 17.8. The number of amides is 2. The minimum atomic E-state index is -0.672. The zero-order chi connectivity index (χ0) is 22.0. The Kier molecular flexibility index (Phi) is 5.82. The number of nitrogens with zero attached hydrogens (tertiary/aromatic N) is 1. The smallest absolute Gasteiger partial charge is 0.268 e. The zero-order valence-electron chi connectivity index (χ0n) is 17.1. The van der Waals surface area contributed by atoms with E-state index >= 15 is 0 Å². The van der Waals surface area contributed by atoms with E-state index in [9.17, 15) is 9.59 Å². The molecule has 3 aromatic rings. The standard InChI is InChI=1S/C24H21ClN2O4/c1-15-7-10-18(11-8-15)31-21-12-9-17(25)13-19(21)26-23(28)14-27-20-5-3-4-6-22(20)30-16(2)24(27)29/h3-13,16H,14H2,1-2H3,(H,26,28). The number of fused-ring (bicyclic) bond motifs is 1. The van der Waals surface area contributed by atoms with Gasteiger partial charge in [-0.2, -0.15) is 0 Å². The second-order valence-corrected chi connectivity index (χ2v) is 7.69. The predicted molar refractivity (Wildman–Crippen MR) is 120 cm³/mol. The van der Waals surface area contributed by atoms with Crippen molar-refractivity contribution in [3.63, 3.8) is 0 Å². The van der Waals surface area contributed by atoms with Gasteiger partial charge in [-0.15, -0.1) is 0 Å². The number of benzene rings is 3. The molecule has 0 fully saturated rings. The first-order chi connectivity index (χ1) is 14.9. The Morgan fingerprint density at radius 1 is 1.13 bits per heavy atom. The molecule has 31 heavy (non-hydrogen) atoms. The van der Waals surface area contributed by atoms with Gasteiger partial charge in [-0.05, 0) is 56.3 Å². The number of halogens is 1. The molecule has 4 rings (SSSR count). The number of nitrogens with one attached hydrogen (secondary N) is 1. The second-order valence-electron chi connectivity index (χ2n) is 7.26. The average molecular weight is 437 g/mol. The van der Waals surface area contributed by atoms with E-state index in [0.29, 0.717) is 33.6 Å². The Morgan fingerprint density at radius 2 is 1.87 bits per heavy atom. The van der Waals surface area contributed by atoms with Gasteiger partial charge in [0.15, 0.2) is 11.9 Å². The number of para-hydroxylation sites is 2. The van der Waals surface area contributed by atoms with Crippen LogP contribution in [0.3, 0.4) is 0 Å². The van der Waals surface area contributed by atoms with E-state index in [1.165, 1.54) is 4.90 Å². The molecular formula is C24H21ClN2O4. The molecule has 2 amide bonds. The van der Waals surface area contributed by atoms with Gasteiger partial charge >= 0.3 is 0 Å². The molecule has 1 aliphatic rings. The summed E-state index contributed by atoms with van der Waals surface area (Å²) < 4.78 is 11.6. The molecule has 0 saturated carbocycles. The predicted octanol–water partition coefficient (Wildman–Crippen LogP) is 5.19. The van der Waals surface area contributed by atoms with Crippen molar-refractivity contribution >= 4 is 34.8 Å². The monoisotopic (exact) mass is 436 g/mol. The summed E-state index contributed by atoms with van der Waals surface area (Å²) in [5.41, 5.74) is 2.09. The SMILES string of the molecule is Cc1ccc(Oc2ccc(Cl)cc2NC(=O)CN2C(=O)C(C)Oc3ccccc32)cc1. The van der Waals surface area contributed by atoms with Crippen LogP contribution in [0.15, 0.2) is 66.7 Å². The Labute approximate surface area is 185 Å². The molecule has 0 saturated heterocycles. The number of aryl methyl sites for hydroxylation is 1. The largest absolute Gasteiger partial charge is 0.479 e. The van der Waals surface area contributed by atoms with Crippen LogP contribution in [0, 0.1) is 6.92 Å². The van der Waals surface area contributed by atoms with Crippen LogP contribution < -0.4 is 19.7 Å². The second kappa shape index (κ2) is 8.70. The van der Waals surface area contributed by atoms with Crippen molar-refractivity contribution < 1.29 is 19.1 Å². The van der Waals surface area contributed by atoms with E-state index in [1.807, 2.05) is 37.3 Å². The van der Waals surface area contributed by atoms with Crippen molar-refractivity contribution in [3.8, 4) is 17.2 Å². The summed E-state index contributed by atoms with van der Waals surface area (Å²) in [5.74, 6) is 0.983. The average Bonchev–Trinajstić information content (AvgIpc) is 2.75. The Balaban J connectivity index is 1.54. The van der Waals surface area contributed by atoms with Crippen LogP contribution in [0.5, 0.6) is 17.2 Å². The molecule has 1 heterocycles. The highest BCUT2D eigenvalue weighted by molar-refractivity contribution is 6.31. The number of carbonyl (C=O) groups is 2. The molecule has 1 unspecified atom stereocenters. The molecule has 0 aromatic heterocycles. The molecule has 0 aliphatic carbocycles. The lowest BCUT2D eigenvalue weighted by atomic mass is 10.2. The fourth-order valence-corrected chi connectivity index (χ4v) is 3.45. The summed E-state index contributed by atoms with van der Waals surface area (Å²) in [7, 11) is 0. The summed E-state index contributed by atoms with van der Waals surface area (Å²) in [6.45, 7) is 3.48. The third-order valence-corrected chi connectivity index (χ3v) is 5.07. The first kappa shape index (κ1) is 20.8. The summed E-state index contributed by atoms with van der Waals surface area (Å²) in [5, 5.41) is 3.27. The van der Waals surface area contributed by atoms with Gasteiger partial charge in [0.25, 0.3) is 5.91 Å². The molecule has 1 N–H and O–H groups in total.